The maximum Gasteiger partial charge on any atom is 0.209 e. The Bertz CT molecular complexity index is 553. The van der Waals surface area contributed by atoms with Crippen LogP contribution in [0.1, 0.15) is 32.4 Å². The molecule has 0 spiro atoms. The van der Waals surface area contributed by atoms with Gasteiger partial charge in [0.1, 0.15) is 11.6 Å². The van der Waals surface area contributed by atoms with E-state index in [1.54, 1.807) is 20.8 Å². The Balaban J connectivity index is 2.75. The molecule has 0 aliphatic rings. The van der Waals surface area contributed by atoms with E-state index in [0.29, 0.717) is 0 Å². The zero-order valence-electron chi connectivity index (χ0n) is 12.0. The van der Waals surface area contributed by atoms with Crippen molar-refractivity contribution in [1.29, 1.82) is 0 Å². The van der Waals surface area contributed by atoms with Crippen molar-refractivity contribution in [3.8, 4) is 0 Å². The van der Waals surface area contributed by atoms with E-state index in [2.05, 4.69) is 10.0 Å². The Hall–Kier alpha value is -1.05. The molecule has 4 nitrogen and oxygen atoms in total. The summed E-state index contributed by atoms with van der Waals surface area (Å²) in [7, 11) is -3.35. The van der Waals surface area contributed by atoms with Crippen LogP contribution in [0.4, 0.5) is 8.78 Å². The summed E-state index contributed by atoms with van der Waals surface area (Å²) >= 11 is 0. The molecule has 0 aliphatic heterocycles. The Labute approximate surface area is 118 Å². The van der Waals surface area contributed by atoms with E-state index in [9.17, 15) is 17.2 Å². The van der Waals surface area contributed by atoms with Gasteiger partial charge in [0.05, 0.1) is 6.26 Å². The monoisotopic (exact) mass is 306 g/mol. The van der Waals surface area contributed by atoms with Gasteiger partial charge in [-0.15, -0.1) is 0 Å². The Morgan fingerprint density at radius 1 is 1.25 bits per heavy atom. The van der Waals surface area contributed by atoms with Crippen LogP contribution in [0, 0.1) is 11.6 Å². The third-order valence-corrected chi connectivity index (χ3v) is 3.67. The van der Waals surface area contributed by atoms with Crippen LogP contribution in [-0.4, -0.2) is 26.8 Å². The van der Waals surface area contributed by atoms with Crippen molar-refractivity contribution in [3.05, 3.63) is 35.4 Å². The molecule has 0 fully saturated rings. The van der Waals surface area contributed by atoms with Crippen LogP contribution in [0.15, 0.2) is 18.2 Å². The SMILES string of the molecule is CC(NCC(C)(C)NS(C)(=O)=O)c1c(F)cccc1F. The van der Waals surface area contributed by atoms with E-state index in [-0.39, 0.29) is 12.1 Å². The van der Waals surface area contributed by atoms with Gasteiger partial charge in [-0.1, -0.05) is 6.07 Å². The molecule has 0 saturated carbocycles. The van der Waals surface area contributed by atoms with Gasteiger partial charge in [-0.2, -0.15) is 0 Å². The smallest absolute Gasteiger partial charge is 0.209 e. The van der Waals surface area contributed by atoms with Gasteiger partial charge in [0.2, 0.25) is 10.0 Å². The molecule has 0 amide bonds. The second-order valence-corrected chi connectivity index (χ2v) is 7.24. The number of benzene rings is 1. The van der Waals surface area contributed by atoms with Gasteiger partial charge >= 0.3 is 0 Å². The Kier molecular flexibility index (Phi) is 5.23. The summed E-state index contributed by atoms with van der Waals surface area (Å²) in [4.78, 5) is 0. The fourth-order valence-electron chi connectivity index (χ4n) is 1.97. The third kappa shape index (κ3) is 5.15. The average Bonchev–Trinajstić information content (AvgIpc) is 2.23. The molecule has 0 heterocycles. The largest absolute Gasteiger partial charge is 0.308 e. The number of halogens is 2. The van der Waals surface area contributed by atoms with E-state index in [4.69, 9.17) is 0 Å². The fraction of sp³-hybridized carbons (Fsp3) is 0.538. The van der Waals surface area contributed by atoms with Crippen LogP contribution in [0.3, 0.4) is 0 Å². The number of nitrogens with one attached hydrogen (secondary N) is 2. The zero-order valence-corrected chi connectivity index (χ0v) is 12.8. The van der Waals surface area contributed by atoms with Crippen LogP contribution in [-0.2, 0) is 10.0 Å². The summed E-state index contributed by atoms with van der Waals surface area (Å²) in [6.45, 7) is 5.23. The lowest BCUT2D eigenvalue weighted by atomic mass is 10.0. The second-order valence-electron chi connectivity index (χ2n) is 5.50. The molecule has 1 aromatic rings. The first-order valence-corrected chi connectivity index (χ1v) is 8.07. The number of hydrogen-bond donors (Lipinski definition) is 2. The first-order valence-electron chi connectivity index (χ1n) is 6.18. The number of rotatable bonds is 6. The summed E-state index contributed by atoms with van der Waals surface area (Å²) in [5.74, 6) is -1.25. The molecule has 1 aromatic carbocycles. The predicted molar refractivity (Wildman–Crippen MR) is 74.8 cm³/mol. The molecular formula is C13H20F2N2O2S. The fourth-order valence-corrected chi connectivity index (χ4v) is 3.05. The van der Waals surface area contributed by atoms with Crippen LogP contribution in [0.5, 0.6) is 0 Å². The highest BCUT2D eigenvalue weighted by atomic mass is 32.2. The van der Waals surface area contributed by atoms with Crippen molar-refractivity contribution in [2.45, 2.75) is 32.4 Å². The second kappa shape index (κ2) is 6.15. The minimum Gasteiger partial charge on any atom is -0.308 e. The molecule has 0 saturated heterocycles. The molecule has 1 rings (SSSR count). The molecule has 0 aromatic heterocycles. The van der Waals surface area contributed by atoms with E-state index in [0.717, 1.165) is 6.26 Å². The lowest BCUT2D eigenvalue weighted by Gasteiger charge is -2.27. The summed E-state index contributed by atoms with van der Waals surface area (Å²) in [5, 5.41) is 2.94. The van der Waals surface area contributed by atoms with Gasteiger partial charge in [0, 0.05) is 23.7 Å². The Morgan fingerprint density at radius 2 is 1.75 bits per heavy atom. The molecule has 20 heavy (non-hydrogen) atoms. The summed E-state index contributed by atoms with van der Waals surface area (Å²) in [6, 6.07) is 3.11. The Morgan fingerprint density at radius 3 is 2.20 bits per heavy atom. The highest BCUT2D eigenvalue weighted by molar-refractivity contribution is 7.88. The molecule has 0 aliphatic carbocycles. The van der Waals surface area contributed by atoms with Crippen LogP contribution in [0.2, 0.25) is 0 Å². The first-order chi connectivity index (χ1) is 9.02. The molecule has 2 N–H and O–H groups in total. The molecule has 114 valence electrons. The van der Waals surface area contributed by atoms with E-state index >= 15 is 0 Å². The van der Waals surface area contributed by atoms with Crippen molar-refractivity contribution in [3.63, 3.8) is 0 Å². The molecule has 0 bridgehead atoms. The van der Waals surface area contributed by atoms with Gasteiger partial charge in [-0.25, -0.2) is 21.9 Å². The molecular weight excluding hydrogens is 286 g/mol. The highest BCUT2D eigenvalue weighted by Crippen LogP contribution is 2.20. The summed E-state index contributed by atoms with van der Waals surface area (Å²) in [5.41, 5.74) is -0.813. The zero-order chi connectivity index (χ0) is 15.6. The molecule has 1 atom stereocenters. The number of hydrogen-bond acceptors (Lipinski definition) is 3. The normalized spacial score (nSPS) is 14.3. The van der Waals surface area contributed by atoms with Crippen molar-refractivity contribution in [2.75, 3.05) is 12.8 Å². The molecule has 0 radical (unpaired) electrons. The van der Waals surface area contributed by atoms with Gasteiger partial charge in [0.25, 0.3) is 0 Å². The first kappa shape index (κ1) is 17.0. The van der Waals surface area contributed by atoms with E-state index in [1.807, 2.05) is 0 Å². The van der Waals surface area contributed by atoms with Gasteiger partial charge in [-0.3, -0.25) is 0 Å². The lowest BCUT2D eigenvalue weighted by molar-refractivity contribution is 0.388. The quantitative estimate of drug-likeness (QED) is 0.844. The van der Waals surface area contributed by atoms with Gasteiger partial charge in [0.15, 0.2) is 0 Å². The highest BCUT2D eigenvalue weighted by Gasteiger charge is 2.24. The van der Waals surface area contributed by atoms with Crippen LogP contribution >= 0.6 is 0 Å². The topological polar surface area (TPSA) is 58.2 Å². The van der Waals surface area contributed by atoms with Gasteiger partial charge < -0.3 is 5.32 Å². The van der Waals surface area contributed by atoms with Crippen molar-refractivity contribution in [2.24, 2.45) is 0 Å². The van der Waals surface area contributed by atoms with Crippen LogP contribution in [0.25, 0.3) is 0 Å². The lowest BCUT2D eigenvalue weighted by Crippen LogP contribution is -2.50. The van der Waals surface area contributed by atoms with Crippen molar-refractivity contribution >= 4 is 10.0 Å². The third-order valence-electron chi connectivity index (χ3n) is 2.74. The van der Waals surface area contributed by atoms with E-state index < -0.39 is 33.2 Å². The predicted octanol–water partition coefficient (Wildman–Crippen LogP) is 1.94. The van der Waals surface area contributed by atoms with Crippen molar-refractivity contribution < 1.29 is 17.2 Å². The maximum atomic E-state index is 13.6. The minimum atomic E-state index is -3.35. The van der Waals surface area contributed by atoms with E-state index in [1.165, 1.54) is 18.2 Å². The minimum absolute atomic E-state index is 0.0531. The number of sulfonamides is 1. The standard InChI is InChI=1S/C13H20F2N2O2S/c1-9(12-10(14)6-5-7-11(12)15)16-8-13(2,3)17-20(4,18)19/h5-7,9,16-17H,8H2,1-4H3. The average molecular weight is 306 g/mol. The molecule has 7 heteroatoms. The summed E-state index contributed by atoms with van der Waals surface area (Å²) < 4.78 is 52.1. The summed E-state index contributed by atoms with van der Waals surface area (Å²) in [6.07, 6.45) is 1.06. The van der Waals surface area contributed by atoms with Crippen molar-refractivity contribution in [1.82, 2.24) is 10.0 Å². The van der Waals surface area contributed by atoms with Gasteiger partial charge in [-0.05, 0) is 32.9 Å². The van der Waals surface area contributed by atoms with Crippen LogP contribution < -0.4 is 10.0 Å². The maximum absolute atomic E-state index is 13.6. The molecule has 1 unspecified atom stereocenters.